The Labute approximate surface area is 126 Å². The van der Waals surface area contributed by atoms with Crippen LogP contribution in [0.3, 0.4) is 0 Å². The highest BCUT2D eigenvalue weighted by Gasteiger charge is 2.46. The van der Waals surface area contributed by atoms with E-state index in [1.807, 2.05) is 12.1 Å². The molecule has 1 saturated heterocycles. The van der Waals surface area contributed by atoms with Crippen LogP contribution in [0.4, 0.5) is 4.39 Å². The van der Waals surface area contributed by atoms with E-state index in [-0.39, 0.29) is 31.2 Å². The first kappa shape index (κ1) is 15.6. The predicted octanol–water partition coefficient (Wildman–Crippen LogP) is 1.81. The monoisotopic (exact) mass is 313 g/mol. The maximum absolute atomic E-state index is 13.9. The van der Waals surface area contributed by atoms with Gasteiger partial charge in [0.05, 0.1) is 19.4 Å². The number of likely N-dealkylation sites (tertiary alicyclic amines) is 1. The van der Waals surface area contributed by atoms with Crippen LogP contribution >= 0.6 is 11.8 Å². The Bertz CT molecular complexity index is 536. The number of carboxylic acid groups (broad SMARTS) is 1. The Hall–Kier alpha value is -1.76. The van der Waals surface area contributed by atoms with Gasteiger partial charge in [-0.15, -0.1) is 11.8 Å². The molecule has 1 heterocycles. The Balaban J connectivity index is 1.86. The zero-order valence-electron chi connectivity index (χ0n) is 11.5. The lowest BCUT2D eigenvalue weighted by atomic mass is 10.1. The van der Waals surface area contributed by atoms with Crippen molar-refractivity contribution in [2.45, 2.75) is 17.0 Å². The Kier molecular flexibility index (Phi) is 4.72. The highest BCUT2D eigenvalue weighted by molar-refractivity contribution is 8.00. The molecule has 0 spiro atoms. The van der Waals surface area contributed by atoms with Crippen LogP contribution in [0.5, 0.6) is 5.75 Å². The number of carboxylic acids is 1. The minimum Gasteiger partial charge on any atom is -0.497 e. The number of carbonyl (C=O) groups excluding carboxylic acids is 1. The molecule has 0 aromatic heterocycles. The number of benzene rings is 1. The van der Waals surface area contributed by atoms with Crippen molar-refractivity contribution in [3.05, 3.63) is 24.3 Å². The molecule has 2 rings (SSSR count). The number of amides is 1. The molecule has 1 atom stereocenters. The SMILES string of the molecule is COc1ccc(SCC(=O)N2CCC(F)(C(=O)O)C2)cc1. The van der Waals surface area contributed by atoms with Crippen molar-refractivity contribution in [1.29, 1.82) is 0 Å². The van der Waals surface area contributed by atoms with Gasteiger partial charge in [-0.2, -0.15) is 0 Å². The number of halogens is 1. The third-order valence-corrected chi connectivity index (χ3v) is 4.37. The first-order valence-corrected chi connectivity index (χ1v) is 7.40. The number of rotatable bonds is 5. The summed E-state index contributed by atoms with van der Waals surface area (Å²) in [6, 6.07) is 7.24. The van der Waals surface area contributed by atoms with Gasteiger partial charge >= 0.3 is 5.97 Å². The summed E-state index contributed by atoms with van der Waals surface area (Å²) in [6.07, 6.45) is -0.152. The number of ether oxygens (including phenoxy) is 1. The van der Waals surface area contributed by atoms with Crippen LogP contribution in [0.25, 0.3) is 0 Å². The summed E-state index contributed by atoms with van der Waals surface area (Å²) in [4.78, 5) is 24.9. The highest BCUT2D eigenvalue weighted by atomic mass is 32.2. The molecule has 5 nitrogen and oxygen atoms in total. The fraction of sp³-hybridized carbons (Fsp3) is 0.429. The van der Waals surface area contributed by atoms with E-state index in [1.54, 1.807) is 19.2 Å². The van der Waals surface area contributed by atoms with Gasteiger partial charge in [0.2, 0.25) is 11.6 Å². The van der Waals surface area contributed by atoms with Crippen LogP contribution in [-0.2, 0) is 9.59 Å². The van der Waals surface area contributed by atoms with Crippen LogP contribution in [0.1, 0.15) is 6.42 Å². The van der Waals surface area contributed by atoms with Crippen LogP contribution in [0, 0.1) is 0 Å². The summed E-state index contributed by atoms with van der Waals surface area (Å²) in [5.74, 6) is -0.867. The standard InChI is InChI=1S/C14H16FNO4S/c1-20-10-2-4-11(5-3-10)21-8-12(17)16-7-6-14(15,9-16)13(18)19/h2-5H,6-9H2,1H3,(H,18,19). The normalized spacial score (nSPS) is 21.3. The van der Waals surface area contributed by atoms with Crippen molar-refractivity contribution in [2.75, 3.05) is 26.0 Å². The van der Waals surface area contributed by atoms with E-state index < -0.39 is 11.6 Å². The topological polar surface area (TPSA) is 66.8 Å². The summed E-state index contributed by atoms with van der Waals surface area (Å²) in [5.41, 5.74) is -2.31. The largest absolute Gasteiger partial charge is 0.497 e. The van der Waals surface area contributed by atoms with E-state index in [2.05, 4.69) is 0 Å². The van der Waals surface area contributed by atoms with Gasteiger partial charge in [0.15, 0.2) is 0 Å². The van der Waals surface area contributed by atoms with Crippen LogP contribution in [0.2, 0.25) is 0 Å². The molecule has 1 aliphatic rings. The van der Waals surface area contributed by atoms with Crippen LogP contribution < -0.4 is 4.74 Å². The number of methoxy groups -OCH3 is 1. The first-order valence-electron chi connectivity index (χ1n) is 6.41. The number of hydrogen-bond donors (Lipinski definition) is 1. The second-order valence-corrected chi connectivity index (χ2v) is 5.85. The molecule has 1 N–H and O–H groups in total. The van der Waals surface area contributed by atoms with E-state index in [4.69, 9.17) is 9.84 Å². The van der Waals surface area contributed by atoms with Crippen molar-refractivity contribution in [2.24, 2.45) is 0 Å². The lowest BCUT2D eigenvalue weighted by Crippen LogP contribution is -2.39. The summed E-state index contributed by atoms with van der Waals surface area (Å²) < 4.78 is 18.9. The molecule has 1 unspecified atom stereocenters. The second-order valence-electron chi connectivity index (χ2n) is 4.80. The minimum atomic E-state index is -2.31. The van der Waals surface area contributed by atoms with E-state index in [1.165, 1.54) is 16.7 Å². The van der Waals surface area contributed by atoms with Crippen LogP contribution in [-0.4, -0.2) is 53.5 Å². The van der Waals surface area contributed by atoms with Gasteiger partial charge in [0, 0.05) is 17.9 Å². The van der Waals surface area contributed by atoms with Crippen molar-refractivity contribution >= 4 is 23.6 Å². The summed E-state index contributed by atoms with van der Waals surface area (Å²) in [5, 5.41) is 8.80. The highest BCUT2D eigenvalue weighted by Crippen LogP contribution is 2.27. The molecule has 1 aliphatic heterocycles. The lowest BCUT2D eigenvalue weighted by Gasteiger charge is -2.17. The molecule has 0 aliphatic carbocycles. The number of carbonyl (C=O) groups is 2. The van der Waals surface area contributed by atoms with Gasteiger partial charge in [-0.25, -0.2) is 9.18 Å². The molecule has 7 heteroatoms. The molecule has 1 fully saturated rings. The third-order valence-electron chi connectivity index (χ3n) is 3.38. The Morgan fingerprint density at radius 3 is 2.62 bits per heavy atom. The fourth-order valence-corrected chi connectivity index (χ4v) is 2.87. The fourth-order valence-electron chi connectivity index (χ4n) is 2.07. The zero-order valence-corrected chi connectivity index (χ0v) is 12.4. The van der Waals surface area contributed by atoms with Crippen molar-refractivity contribution in [1.82, 2.24) is 4.90 Å². The third kappa shape index (κ3) is 3.66. The van der Waals surface area contributed by atoms with E-state index in [0.29, 0.717) is 0 Å². The maximum atomic E-state index is 13.9. The quantitative estimate of drug-likeness (QED) is 0.840. The molecule has 0 radical (unpaired) electrons. The first-order chi connectivity index (χ1) is 9.94. The van der Waals surface area contributed by atoms with Gasteiger partial charge in [-0.1, -0.05) is 0 Å². The van der Waals surface area contributed by atoms with E-state index >= 15 is 0 Å². The molecule has 21 heavy (non-hydrogen) atoms. The number of alkyl halides is 1. The van der Waals surface area contributed by atoms with Gasteiger partial charge in [0.1, 0.15) is 5.75 Å². The zero-order chi connectivity index (χ0) is 15.5. The number of thioether (sulfide) groups is 1. The minimum absolute atomic E-state index is 0.144. The molecular formula is C14H16FNO4S. The van der Waals surface area contributed by atoms with Gasteiger partial charge < -0.3 is 14.7 Å². The Morgan fingerprint density at radius 2 is 2.10 bits per heavy atom. The smallest absolute Gasteiger partial charge is 0.343 e. The van der Waals surface area contributed by atoms with Gasteiger partial charge in [-0.3, -0.25) is 4.79 Å². The average molecular weight is 313 g/mol. The van der Waals surface area contributed by atoms with Crippen LogP contribution in [0.15, 0.2) is 29.2 Å². The molecule has 1 amide bonds. The summed E-state index contributed by atoms with van der Waals surface area (Å²) in [7, 11) is 1.57. The number of aliphatic carboxylic acids is 1. The van der Waals surface area contributed by atoms with Crippen molar-refractivity contribution in [3.63, 3.8) is 0 Å². The van der Waals surface area contributed by atoms with Crippen molar-refractivity contribution < 1.29 is 23.8 Å². The number of nitrogens with zero attached hydrogens (tertiary/aromatic N) is 1. The lowest BCUT2D eigenvalue weighted by molar-refractivity contribution is -0.150. The molecule has 0 bridgehead atoms. The number of hydrogen-bond acceptors (Lipinski definition) is 4. The van der Waals surface area contributed by atoms with E-state index in [0.717, 1.165) is 10.6 Å². The molecule has 114 valence electrons. The predicted molar refractivity (Wildman–Crippen MR) is 76.4 cm³/mol. The maximum Gasteiger partial charge on any atom is 0.343 e. The van der Waals surface area contributed by atoms with Gasteiger partial charge in [0.25, 0.3) is 0 Å². The molecule has 1 aromatic carbocycles. The molecular weight excluding hydrogens is 297 g/mol. The second kappa shape index (κ2) is 6.34. The molecule has 1 aromatic rings. The Morgan fingerprint density at radius 1 is 1.43 bits per heavy atom. The van der Waals surface area contributed by atoms with Gasteiger partial charge in [-0.05, 0) is 24.3 Å². The summed E-state index contributed by atoms with van der Waals surface area (Å²) >= 11 is 1.33. The molecule has 0 saturated carbocycles. The average Bonchev–Trinajstić information content (AvgIpc) is 2.89. The summed E-state index contributed by atoms with van der Waals surface area (Å²) in [6.45, 7) is -0.227. The van der Waals surface area contributed by atoms with E-state index in [9.17, 15) is 14.0 Å². The van der Waals surface area contributed by atoms with Crippen molar-refractivity contribution in [3.8, 4) is 5.75 Å².